The van der Waals surface area contributed by atoms with Gasteiger partial charge in [-0.1, -0.05) is 29.8 Å². The molecule has 0 aromatic heterocycles. The van der Waals surface area contributed by atoms with E-state index in [-0.39, 0.29) is 11.0 Å². The molecule has 6 heteroatoms. The number of rotatable bonds is 3. The Hall–Kier alpha value is -2.11. The number of hydrogen-bond donors (Lipinski definition) is 2. The highest BCUT2D eigenvalue weighted by molar-refractivity contribution is 7.80. The average Bonchev–Trinajstić information content (AvgIpc) is 2.47. The number of thiocarbonyl (C=S) groups is 1. The van der Waals surface area contributed by atoms with Crippen LogP contribution in [0.5, 0.6) is 5.75 Å². The van der Waals surface area contributed by atoms with Crippen LogP contribution in [0.25, 0.3) is 0 Å². The number of carbonyl (C=O) groups is 1. The molecule has 0 unspecified atom stereocenters. The van der Waals surface area contributed by atoms with E-state index in [9.17, 15) is 4.79 Å². The molecule has 2 rings (SSSR count). The number of benzene rings is 2. The number of halogens is 1. The first-order valence-electron chi connectivity index (χ1n) is 6.52. The molecule has 0 radical (unpaired) electrons. The van der Waals surface area contributed by atoms with Crippen LogP contribution in [0.15, 0.2) is 42.5 Å². The van der Waals surface area contributed by atoms with E-state index in [4.69, 9.17) is 28.6 Å². The van der Waals surface area contributed by atoms with Gasteiger partial charge in [0.2, 0.25) is 0 Å². The molecule has 2 aromatic carbocycles. The first kappa shape index (κ1) is 16.3. The van der Waals surface area contributed by atoms with E-state index < -0.39 is 0 Å². The van der Waals surface area contributed by atoms with Crippen molar-refractivity contribution in [3.05, 3.63) is 58.6 Å². The second-order valence-corrected chi connectivity index (χ2v) is 5.41. The largest absolute Gasteiger partial charge is 0.495 e. The smallest absolute Gasteiger partial charge is 0.258 e. The molecule has 2 aromatic rings. The lowest BCUT2D eigenvalue weighted by atomic mass is 10.2. The monoisotopic (exact) mass is 334 g/mol. The van der Waals surface area contributed by atoms with Crippen LogP contribution in [0.1, 0.15) is 15.9 Å². The second-order valence-electron chi connectivity index (χ2n) is 4.59. The van der Waals surface area contributed by atoms with Crippen LogP contribution in [0.2, 0.25) is 5.02 Å². The maximum absolute atomic E-state index is 12.1. The van der Waals surface area contributed by atoms with Gasteiger partial charge in [-0.05, 0) is 49.0 Å². The van der Waals surface area contributed by atoms with Gasteiger partial charge in [0.25, 0.3) is 5.91 Å². The normalized spacial score (nSPS) is 9.95. The quantitative estimate of drug-likeness (QED) is 0.839. The van der Waals surface area contributed by atoms with Gasteiger partial charge >= 0.3 is 0 Å². The number of amides is 1. The standard InChI is InChI=1S/C16H15ClN2O2S/c1-10-7-8-14(21-2)13(9-10)18-16(22)19-15(20)11-5-3-4-6-12(11)17/h3-9H,1-2H3,(H2,18,19,20,22). The Morgan fingerprint density at radius 1 is 1.23 bits per heavy atom. The van der Waals surface area contributed by atoms with Crippen molar-refractivity contribution in [2.45, 2.75) is 6.92 Å². The molecule has 0 spiro atoms. The van der Waals surface area contributed by atoms with Gasteiger partial charge in [-0.15, -0.1) is 0 Å². The van der Waals surface area contributed by atoms with Gasteiger partial charge < -0.3 is 10.1 Å². The minimum Gasteiger partial charge on any atom is -0.495 e. The Kier molecular flexibility index (Phi) is 5.35. The lowest BCUT2D eigenvalue weighted by Crippen LogP contribution is -2.34. The van der Waals surface area contributed by atoms with E-state index in [1.54, 1.807) is 31.4 Å². The Bertz CT molecular complexity index is 719. The van der Waals surface area contributed by atoms with Gasteiger partial charge in [0, 0.05) is 0 Å². The number of anilines is 1. The van der Waals surface area contributed by atoms with Crippen molar-refractivity contribution in [2.75, 3.05) is 12.4 Å². The summed E-state index contributed by atoms with van der Waals surface area (Å²) in [7, 11) is 1.57. The highest BCUT2D eigenvalue weighted by Crippen LogP contribution is 2.25. The van der Waals surface area contributed by atoms with Crippen molar-refractivity contribution in [1.29, 1.82) is 0 Å². The molecule has 0 aliphatic heterocycles. The second kappa shape index (κ2) is 7.24. The van der Waals surface area contributed by atoms with Crippen molar-refractivity contribution >= 4 is 40.5 Å². The number of nitrogens with one attached hydrogen (secondary N) is 2. The number of methoxy groups -OCH3 is 1. The van der Waals surface area contributed by atoms with E-state index in [0.717, 1.165) is 5.56 Å². The minimum atomic E-state index is -0.366. The third-order valence-electron chi connectivity index (χ3n) is 2.95. The Morgan fingerprint density at radius 2 is 1.95 bits per heavy atom. The highest BCUT2D eigenvalue weighted by Gasteiger charge is 2.12. The van der Waals surface area contributed by atoms with Gasteiger partial charge in [-0.2, -0.15) is 0 Å². The van der Waals surface area contributed by atoms with Gasteiger partial charge in [0.05, 0.1) is 23.4 Å². The number of hydrogen-bond acceptors (Lipinski definition) is 3. The summed E-state index contributed by atoms with van der Waals surface area (Å²) in [5.74, 6) is 0.273. The molecule has 2 N–H and O–H groups in total. The van der Waals surface area contributed by atoms with Crippen LogP contribution in [0, 0.1) is 6.92 Å². The van der Waals surface area contributed by atoms with Crippen molar-refractivity contribution < 1.29 is 9.53 Å². The lowest BCUT2D eigenvalue weighted by Gasteiger charge is -2.13. The van der Waals surface area contributed by atoms with Crippen molar-refractivity contribution in [1.82, 2.24) is 5.32 Å². The summed E-state index contributed by atoms with van der Waals surface area (Å²) in [5, 5.41) is 6.10. The third-order valence-corrected chi connectivity index (χ3v) is 3.48. The van der Waals surface area contributed by atoms with Crippen LogP contribution in [0.4, 0.5) is 5.69 Å². The van der Waals surface area contributed by atoms with Crippen LogP contribution < -0.4 is 15.4 Å². The highest BCUT2D eigenvalue weighted by atomic mass is 35.5. The predicted molar refractivity (Wildman–Crippen MR) is 92.9 cm³/mol. The predicted octanol–water partition coefficient (Wildman–Crippen LogP) is 3.78. The van der Waals surface area contributed by atoms with Crippen LogP contribution in [-0.4, -0.2) is 18.1 Å². The first-order chi connectivity index (χ1) is 10.5. The molecule has 1 amide bonds. The number of carbonyl (C=O) groups excluding carboxylic acids is 1. The average molecular weight is 335 g/mol. The zero-order chi connectivity index (χ0) is 16.1. The van der Waals surface area contributed by atoms with Crippen LogP contribution >= 0.6 is 23.8 Å². The fraction of sp³-hybridized carbons (Fsp3) is 0.125. The third kappa shape index (κ3) is 3.96. The Balaban J connectivity index is 2.09. The SMILES string of the molecule is COc1ccc(C)cc1NC(=S)NC(=O)c1ccccc1Cl. The summed E-state index contributed by atoms with van der Waals surface area (Å²) in [6.07, 6.45) is 0. The molecule has 0 bridgehead atoms. The van der Waals surface area contributed by atoms with Gasteiger partial charge in [-0.3, -0.25) is 10.1 Å². The number of ether oxygens (including phenoxy) is 1. The molecule has 0 saturated heterocycles. The molecule has 0 atom stereocenters. The molecule has 0 heterocycles. The fourth-order valence-corrected chi connectivity index (χ4v) is 2.31. The van der Waals surface area contributed by atoms with Gasteiger partial charge in [0.15, 0.2) is 5.11 Å². The molecular weight excluding hydrogens is 320 g/mol. The Labute approximate surface area is 139 Å². The molecule has 22 heavy (non-hydrogen) atoms. The molecule has 0 saturated carbocycles. The van der Waals surface area contributed by atoms with E-state index in [0.29, 0.717) is 22.0 Å². The maximum Gasteiger partial charge on any atom is 0.258 e. The molecular formula is C16H15ClN2O2S. The summed E-state index contributed by atoms with van der Waals surface area (Å²) in [4.78, 5) is 12.1. The fourth-order valence-electron chi connectivity index (χ4n) is 1.89. The number of aryl methyl sites for hydroxylation is 1. The van der Waals surface area contributed by atoms with E-state index >= 15 is 0 Å². The van der Waals surface area contributed by atoms with Gasteiger partial charge in [0.1, 0.15) is 5.75 Å². The van der Waals surface area contributed by atoms with Gasteiger partial charge in [-0.25, -0.2) is 0 Å². The molecule has 0 fully saturated rings. The lowest BCUT2D eigenvalue weighted by molar-refractivity contribution is 0.0978. The topological polar surface area (TPSA) is 50.4 Å². The van der Waals surface area contributed by atoms with E-state index in [1.165, 1.54) is 0 Å². The molecule has 0 aliphatic rings. The van der Waals surface area contributed by atoms with Crippen LogP contribution in [0.3, 0.4) is 0 Å². The molecule has 4 nitrogen and oxygen atoms in total. The zero-order valence-electron chi connectivity index (χ0n) is 12.1. The minimum absolute atomic E-state index is 0.175. The summed E-state index contributed by atoms with van der Waals surface area (Å²) in [6.45, 7) is 1.95. The first-order valence-corrected chi connectivity index (χ1v) is 7.31. The maximum atomic E-state index is 12.1. The van der Waals surface area contributed by atoms with Crippen molar-refractivity contribution in [3.63, 3.8) is 0 Å². The summed E-state index contributed by atoms with van der Waals surface area (Å²) in [6, 6.07) is 12.4. The Morgan fingerprint density at radius 3 is 2.64 bits per heavy atom. The summed E-state index contributed by atoms with van der Waals surface area (Å²) >= 11 is 11.2. The van der Waals surface area contributed by atoms with Crippen molar-refractivity contribution in [3.8, 4) is 5.75 Å². The van der Waals surface area contributed by atoms with E-state index in [1.807, 2.05) is 25.1 Å². The zero-order valence-corrected chi connectivity index (χ0v) is 13.7. The van der Waals surface area contributed by atoms with Crippen LogP contribution in [-0.2, 0) is 0 Å². The van der Waals surface area contributed by atoms with Crippen molar-refractivity contribution in [2.24, 2.45) is 0 Å². The molecule has 114 valence electrons. The van der Waals surface area contributed by atoms with E-state index in [2.05, 4.69) is 10.6 Å². The summed E-state index contributed by atoms with van der Waals surface area (Å²) < 4.78 is 5.25. The summed E-state index contributed by atoms with van der Waals surface area (Å²) in [5.41, 5.74) is 2.10. The molecule has 0 aliphatic carbocycles.